The molecule has 2 aliphatic rings. The molecule has 1 aliphatic carbocycles. The molecule has 152 valence electrons. The summed E-state index contributed by atoms with van der Waals surface area (Å²) in [7, 11) is 0. The summed E-state index contributed by atoms with van der Waals surface area (Å²) in [5.41, 5.74) is 2.22. The van der Waals surface area contributed by atoms with Gasteiger partial charge in [-0.3, -0.25) is 24.1 Å². The first kappa shape index (κ1) is 17.5. The number of rotatable bonds is 1. The first-order valence-corrected chi connectivity index (χ1v) is 10.6. The molecule has 5 aromatic rings. The van der Waals surface area contributed by atoms with Gasteiger partial charge in [0.05, 0.1) is 6.42 Å². The van der Waals surface area contributed by atoms with Gasteiger partial charge in [0.15, 0.2) is 11.6 Å². The number of carbonyl (C=O) groups is 4. The lowest BCUT2D eigenvalue weighted by atomic mass is 9.80. The zero-order chi connectivity index (χ0) is 21.9. The topological polar surface area (TPSA) is 71.5 Å². The van der Waals surface area contributed by atoms with Gasteiger partial charge in [0, 0.05) is 39.6 Å². The molecule has 7 rings (SSSR count). The van der Waals surface area contributed by atoms with Crippen molar-refractivity contribution in [2.24, 2.45) is 0 Å². The summed E-state index contributed by atoms with van der Waals surface area (Å²) in [6, 6.07) is 14.9. The molecule has 1 aliphatic heterocycles. The van der Waals surface area contributed by atoms with Crippen LogP contribution in [0.4, 0.5) is 0 Å². The SMILES string of the molecule is CCN1C(=O)c2ccc3c4ccc5c6c(ccc(c7ccc(c2c37)C1=O)c64)C(=O)CC5=O. The van der Waals surface area contributed by atoms with Crippen LogP contribution in [-0.2, 0) is 0 Å². The Labute approximate surface area is 181 Å². The van der Waals surface area contributed by atoms with Gasteiger partial charge in [-0.15, -0.1) is 0 Å². The molecule has 5 nitrogen and oxygen atoms in total. The van der Waals surface area contributed by atoms with E-state index in [0.29, 0.717) is 39.6 Å². The van der Waals surface area contributed by atoms with Crippen LogP contribution in [0.2, 0.25) is 0 Å². The zero-order valence-electron chi connectivity index (χ0n) is 17.1. The standard InChI is InChI=1S/C27H15NO4/c1-2-28-26(31)18-9-5-14-12-3-7-16-20(29)11-21(30)17-8-4-13(22(12)24(16)17)15-6-10-19(27(28)32)25(18)23(14)15/h3-10H,2,11H2,1H3. The van der Waals surface area contributed by atoms with Crippen molar-refractivity contribution in [3.05, 3.63) is 70.8 Å². The first-order valence-electron chi connectivity index (χ1n) is 10.6. The van der Waals surface area contributed by atoms with Gasteiger partial charge in [-0.2, -0.15) is 0 Å². The molecule has 5 heteroatoms. The maximum Gasteiger partial charge on any atom is 0.261 e. The maximum atomic E-state index is 13.0. The Balaban J connectivity index is 1.76. The van der Waals surface area contributed by atoms with Crippen molar-refractivity contribution >= 4 is 66.5 Å². The molecule has 32 heavy (non-hydrogen) atoms. The van der Waals surface area contributed by atoms with Gasteiger partial charge in [-0.05, 0) is 51.4 Å². The highest BCUT2D eigenvalue weighted by atomic mass is 16.2. The largest absolute Gasteiger partial charge is 0.294 e. The predicted molar refractivity (Wildman–Crippen MR) is 122 cm³/mol. The third kappa shape index (κ3) is 1.82. The molecule has 1 heterocycles. The minimum Gasteiger partial charge on any atom is -0.294 e. The maximum absolute atomic E-state index is 13.0. The molecular weight excluding hydrogens is 402 g/mol. The Morgan fingerprint density at radius 2 is 0.938 bits per heavy atom. The number of nitrogens with zero attached hydrogens (tertiary/aromatic N) is 1. The van der Waals surface area contributed by atoms with Crippen LogP contribution < -0.4 is 0 Å². The average Bonchev–Trinajstić information content (AvgIpc) is 2.80. The highest BCUT2D eigenvalue weighted by Gasteiger charge is 2.34. The summed E-state index contributed by atoms with van der Waals surface area (Å²) in [6.07, 6.45) is -0.0994. The fourth-order valence-electron chi connectivity index (χ4n) is 5.72. The van der Waals surface area contributed by atoms with Gasteiger partial charge in [0.2, 0.25) is 0 Å². The molecule has 0 spiro atoms. The van der Waals surface area contributed by atoms with Crippen molar-refractivity contribution in [1.82, 2.24) is 4.90 Å². The molecule has 0 unspecified atom stereocenters. The Morgan fingerprint density at radius 3 is 1.34 bits per heavy atom. The van der Waals surface area contributed by atoms with E-state index in [1.807, 2.05) is 24.3 Å². The average molecular weight is 417 g/mol. The van der Waals surface area contributed by atoms with Crippen LogP contribution in [0.5, 0.6) is 0 Å². The summed E-state index contributed by atoms with van der Waals surface area (Å²) in [6.45, 7) is 2.11. The molecule has 0 N–H and O–H groups in total. The number of hydrogen-bond donors (Lipinski definition) is 0. The second-order valence-electron chi connectivity index (χ2n) is 8.52. The van der Waals surface area contributed by atoms with E-state index in [2.05, 4.69) is 0 Å². The van der Waals surface area contributed by atoms with Crippen molar-refractivity contribution in [2.75, 3.05) is 6.54 Å². The number of fused-ring (bicyclic) bond motifs is 2. The van der Waals surface area contributed by atoms with E-state index in [9.17, 15) is 19.2 Å². The fourth-order valence-corrected chi connectivity index (χ4v) is 5.72. The molecule has 0 atom stereocenters. The van der Waals surface area contributed by atoms with Crippen LogP contribution in [0.25, 0.3) is 43.1 Å². The van der Waals surface area contributed by atoms with Gasteiger partial charge >= 0.3 is 0 Å². The molecule has 0 aromatic heterocycles. The summed E-state index contributed by atoms with van der Waals surface area (Å²) < 4.78 is 0. The van der Waals surface area contributed by atoms with E-state index >= 15 is 0 Å². The van der Waals surface area contributed by atoms with E-state index < -0.39 is 0 Å². The Kier molecular flexibility index (Phi) is 3.05. The molecule has 0 radical (unpaired) electrons. The first-order chi connectivity index (χ1) is 15.5. The van der Waals surface area contributed by atoms with Crippen LogP contribution >= 0.6 is 0 Å². The Hall–Kier alpha value is -4.12. The van der Waals surface area contributed by atoms with Crippen LogP contribution in [0.3, 0.4) is 0 Å². The van der Waals surface area contributed by atoms with Crippen LogP contribution in [-0.4, -0.2) is 34.8 Å². The third-order valence-electron chi connectivity index (χ3n) is 7.09. The second kappa shape index (κ2) is 5.56. The van der Waals surface area contributed by atoms with E-state index in [1.165, 1.54) is 4.90 Å². The van der Waals surface area contributed by atoms with E-state index in [-0.39, 0.29) is 29.8 Å². The predicted octanol–water partition coefficient (Wildman–Crippen LogP) is 5.12. The van der Waals surface area contributed by atoms with Gasteiger partial charge in [0.1, 0.15) is 0 Å². The molecule has 0 fully saturated rings. The monoisotopic (exact) mass is 417 g/mol. The number of Topliss-reactive ketones (excluding diaryl/α,β-unsaturated/α-hetero) is 2. The normalized spacial score (nSPS) is 15.8. The summed E-state index contributed by atoms with van der Waals surface area (Å²) >= 11 is 0. The Morgan fingerprint density at radius 1 is 0.562 bits per heavy atom. The van der Waals surface area contributed by atoms with Crippen molar-refractivity contribution in [2.45, 2.75) is 13.3 Å². The molecule has 0 saturated heterocycles. The molecule has 5 aromatic carbocycles. The van der Waals surface area contributed by atoms with Crippen molar-refractivity contribution < 1.29 is 19.2 Å². The molecular formula is C27H15NO4. The Bertz CT molecular complexity index is 1640. The lowest BCUT2D eigenvalue weighted by Crippen LogP contribution is -2.40. The second-order valence-corrected chi connectivity index (χ2v) is 8.52. The lowest BCUT2D eigenvalue weighted by molar-refractivity contribution is 0.0618. The number of amides is 2. The van der Waals surface area contributed by atoms with Crippen LogP contribution in [0, 0.1) is 0 Å². The van der Waals surface area contributed by atoms with Crippen molar-refractivity contribution in [3.8, 4) is 0 Å². The smallest absolute Gasteiger partial charge is 0.261 e. The van der Waals surface area contributed by atoms with Gasteiger partial charge in [-0.1, -0.05) is 36.4 Å². The number of benzene rings is 5. The van der Waals surface area contributed by atoms with Gasteiger partial charge in [-0.25, -0.2) is 0 Å². The highest BCUT2D eigenvalue weighted by Crippen LogP contribution is 2.46. The minimum absolute atomic E-state index is 0.0994. The highest BCUT2D eigenvalue weighted by molar-refractivity contribution is 6.41. The van der Waals surface area contributed by atoms with Crippen molar-refractivity contribution in [1.29, 1.82) is 0 Å². The number of carbonyl (C=O) groups excluding carboxylic acids is 4. The number of imide groups is 1. The third-order valence-corrected chi connectivity index (χ3v) is 7.09. The number of ketones is 2. The van der Waals surface area contributed by atoms with Gasteiger partial charge < -0.3 is 0 Å². The quantitative estimate of drug-likeness (QED) is 0.164. The van der Waals surface area contributed by atoms with E-state index in [0.717, 1.165) is 32.3 Å². The molecule has 0 saturated carbocycles. The van der Waals surface area contributed by atoms with E-state index in [1.54, 1.807) is 31.2 Å². The van der Waals surface area contributed by atoms with Gasteiger partial charge in [0.25, 0.3) is 11.8 Å². The van der Waals surface area contributed by atoms with Crippen LogP contribution in [0.15, 0.2) is 48.5 Å². The molecule has 0 bridgehead atoms. The fraction of sp³-hybridized carbons (Fsp3) is 0.111. The summed E-state index contributed by atoms with van der Waals surface area (Å²) in [5.74, 6) is -0.863. The summed E-state index contributed by atoms with van der Waals surface area (Å²) in [5, 5.41) is 6.81. The number of hydrogen-bond acceptors (Lipinski definition) is 4. The summed E-state index contributed by atoms with van der Waals surface area (Å²) in [4.78, 5) is 52.6. The lowest BCUT2D eigenvalue weighted by Gasteiger charge is -2.28. The zero-order valence-corrected chi connectivity index (χ0v) is 17.1. The van der Waals surface area contributed by atoms with Crippen molar-refractivity contribution in [3.63, 3.8) is 0 Å². The van der Waals surface area contributed by atoms with Crippen LogP contribution in [0.1, 0.15) is 54.8 Å². The molecule has 2 amide bonds. The van der Waals surface area contributed by atoms with E-state index in [4.69, 9.17) is 0 Å². The minimum atomic E-state index is -0.277.